The highest BCUT2D eigenvalue weighted by Crippen LogP contribution is 2.34. The molecule has 1 aromatic carbocycles. The van der Waals surface area contributed by atoms with Crippen molar-refractivity contribution in [1.29, 1.82) is 0 Å². The molecule has 0 amide bonds. The van der Waals surface area contributed by atoms with Gasteiger partial charge in [0.1, 0.15) is 5.75 Å². The summed E-state index contributed by atoms with van der Waals surface area (Å²) < 4.78 is 0. The Morgan fingerprint density at radius 1 is 1.35 bits per heavy atom. The molecule has 0 spiro atoms. The van der Waals surface area contributed by atoms with E-state index in [1.807, 2.05) is 34.0 Å². The number of nitrogens with zero attached hydrogens (tertiary/aromatic N) is 1. The molecule has 0 aliphatic rings. The molecule has 0 aliphatic carbocycles. The fourth-order valence-corrected chi connectivity index (χ4v) is 2.31. The normalized spacial score (nSPS) is 16.8. The third-order valence-electron chi connectivity index (χ3n) is 3.34. The maximum atomic E-state index is 10.8. The first-order chi connectivity index (χ1) is 7.90. The predicted molar refractivity (Wildman–Crippen MR) is 70.0 cm³/mol. The molecule has 0 saturated carbocycles. The van der Waals surface area contributed by atoms with Crippen LogP contribution in [0.15, 0.2) is 24.3 Å². The van der Waals surface area contributed by atoms with E-state index in [0.29, 0.717) is 6.42 Å². The average Bonchev–Trinajstić information content (AvgIpc) is 2.27. The Morgan fingerprint density at radius 3 is 2.47 bits per heavy atom. The van der Waals surface area contributed by atoms with Crippen molar-refractivity contribution in [2.45, 2.75) is 25.9 Å². The first-order valence-corrected chi connectivity index (χ1v) is 6.06. The molecule has 1 rings (SSSR count). The molecule has 0 heterocycles. The number of phenols is 1. The minimum atomic E-state index is -0.886. The van der Waals surface area contributed by atoms with Crippen LogP contribution in [0.25, 0.3) is 0 Å². The molecule has 17 heavy (non-hydrogen) atoms. The number of aliphatic hydroxyl groups is 1. The van der Waals surface area contributed by atoms with Crippen LogP contribution in [0.3, 0.4) is 0 Å². The van der Waals surface area contributed by atoms with Gasteiger partial charge < -0.3 is 15.1 Å². The number of benzene rings is 1. The third kappa shape index (κ3) is 3.20. The minimum absolute atomic E-state index is 0.101. The zero-order chi connectivity index (χ0) is 13.1. The molecule has 0 bridgehead atoms. The van der Waals surface area contributed by atoms with Crippen molar-refractivity contribution in [2.75, 3.05) is 20.6 Å². The highest BCUT2D eigenvalue weighted by molar-refractivity contribution is 5.31. The fourth-order valence-electron chi connectivity index (χ4n) is 2.31. The topological polar surface area (TPSA) is 43.7 Å². The fraction of sp³-hybridized carbons (Fsp3) is 0.571. The SMILES string of the molecule is CCC(O)(c1cccc(O)c1)[C@H](C)CN(C)C. The van der Waals surface area contributed by atoms with Crippen molar-refractivity contribution in [3.8, 4) is 5.75 Å². The third-order valence-corrected chi connectivity index (χ3v) is 3.34. The molecule has 0 aromatic heterocycles. The first-order valence-electron chi connectivity index (χ1n) is 6.06. The van der Waals surface area contributed by atoms with E-state index in [1.54, 1.807) is 18.2 Å². The summed E-state index contributed by atoms with van der Waals surface area (Å²) >= 11 is 0. The summed E-state index contributed by atoms with van der Waals surface area (Å²) in [6, 6.07) is 6.91. The number of aromatic hydroxyl groups is 1. The van der Waals surface area contributed by atoms with Crippen LogP contribution >= 0.6 is 0 Å². The van der Waals surface area contributed by atoms with E-state index in [0.717, 1.165) is 12.1 Å². The van der Waals surface area contributed by atoms with Crippen LogP contribution in [-0.4, -0.2) is 35.8 Å². The standard InChI is InChI=1S/C14H23NO2/c1-5-14(17,11(2)10-15(3)4)12-7-6-8-13(16)9-12/h6-9,11,16-17H,5,10H2,1-4H3/t11-,14?/m1/s1. The molecule has 96 valence electrons. The Labute approximate surface area is 104 Å². The van der Waals surface area contributed by atoms with Crippen LogP contribution in [0.5, 0.6) is 5.75 Å². The van der Waals surface area contributed by atoms with Crippen molar-refractivity contribution < 1.29 is 10.2 Å². The van der Waals surface area contributed by atoms with E-state index in [2.05, 4.69) is 4.90 Å². The molecule has 1 aromatic rings. The van der Waals surface area contributed by atoms with Crippen molar-refractivity contribution in [3.63, 3.8) is 0 Å². The lowest BCUT2D eigenvalue weighted by molar-refractivity contribution is -0.0293. The summed E-state index contributed by atoms with van der Waals surface area (Å²) in [6.07, 6.45) is 0.630. The zero-order valence-corrected chi connectivity index (χ0v) is 11.1. The van der Waals surface area contributed by atoms with Crippen molar-refractivity contribution in [2.24, 2.45) is 5.92 Å². The Hall–Kier alpha value is -1.06. The maximum Gasteiger partial charge on any atom is 0.115 e. The number of hydrogen-bond donors (Lipinski definition) is 2. The van der Waals surface area contributed by atoms with Gasteiger partial charge in [-0.15, -0.1) is 0 Å². The molecular weight excluding hydrogens is 214 g/mol. The molecule has 0 radical (unpaired) electrons. The summed E-state index contributed by atoms with van der Waals surface area (Å²) in [5.41, 5.74) is -0.0995. The van der Waals surface area contributed by atoms with Gasteiger partial charge in [-0.05, 0) is 38.2 Å². The van der Waals surface area contributed by atoms with Gasteiger partial charge in [0.15, 0.2) is 0 Å². The van der Waals surface area contributed by atoms with Crippen LogP contribution < -0.4 is 0 Å². The smallest absolute Gasteiger partial charge is 0.115 e. The van der Waals surface area contributed by atoms with Gasteiger partial charge in [0.2, 0.25) is 0 Å². The van der Waals surface area contributed by atoms with Crippen molar-refractivity contribution in [3.05, 3.63) is 29.8 Å². The molecule has 2 N–H and O–H groups in total. The highest BCUT2D eigenvalue weighted by atomic mass is 16.3. The maximum absolute atomic E-state index is 10.8. The Bertz CT molecular complexity index is 365. The largest absolute Gasteiger partial charge is 0.508 e. The second kappa shape index (κ2) is 5.52. The van der Waals surface area contributed by atoms with E-state index >= 15 is 0 Å². The molecular formula is C14H23NO2. The van der Waals surface area contributed by atoms with Gasteiger partial charge in [0, 0.05) is 12.5 Å². The summed E-state index contributed by atoms with van der Waals surface area (Å²) in [6.45, 7) is 4.81. The van der Waals surface area contributed by atoms with E-state index < -0.39 is 5.60 Å². The molecule has 0 fully saturated rings. The number of hydrogen-bond acceptors (Lipinski definition) is 3. The molecule has 2 atom stereocenters. The van der Waals surface area contributed by atoms with E-state index in [4.69, 9.17) is 0 Å². The van der Waals surface area contributed by atoms with Gasteiger partial charge in [-0.1, -0.05) is 26.0 Å². The van der Waals surface area contributed by atoms with Gasteiger partial charge in [-0.25, -0.2) is 0 Å². The van der Waals surface area contributed by atoms with Crippen molar-refractivity contribution >= 4 is 0 Å². The second-order valence-corrected chi connectivity index (χ2v) is 4.99. The summed E-state index contributed by atoms with van der Waals surface area (Å²) in [5.74, 6) is 0.302. The molecule has 0 saturated heterocycles. The summed E-state index contributed by atoms with van der Waals surface area (Å²) in [4.78, 5) is 2.06. The minimum Gasteiger partial charge on any atom is -0.508 e. The lowest BCUT2D eigenvalue weighted by atomic mass is 9.80. The van der Waals surface area contributed by atoms with Crippen LogP contribution in [0.1, 0.15) is 25.8 Å². The van der Waals surface area contributed by atoms with Gasteiger partial charge in [-0.2, -0.15) is 0 Å². The lowest BCUT2D eigenvalue weighted by Crippen LogP contribution is -2.38. The van der Waals surface area contributed by atoms with Crippen LogP contribution in [0.2, 0.25) is 0 Å². The van der Waals surface area contributed by atoms with Gasteiger partial charge >= 0.3 is 0 Å². The average molecular weight is 237 g/mol. The van der Waals surface area contributed by atoms with Gasteiger partial charge in [0.25, 0.3) is 0 Å². The molecule has 3 heteroatoms. The number of rotatable bonds is 5. The zero-order valence-electron chi connectivity index (χ0n) is 11.1. The molecule has 3 nitrogen and oxygen atoms in total. The van der Waals surface area contributed by atoms with Crippen LogP contribution in [-0.2, 0) is 5.60 Å². The van der Waals surface area contributed by atoms with E-state index in [1.165, 1.54) is 0 Å². The molecule has 0 aliphatic heterocycles. The Balaban J connectivity index is 3.02. The van der Waals surface area contributed by atoms with E-state index in [-0.39, 0.29) is 11.7 Å². The Kier molecular flexibility index (Phi) is 4.54. The van der Waals surface area contributed by atoms with Gasteiger partial charge in [0.05, 0.1) is 5.60 Å². The Morgan fingerprint density at radius 2 is 2.00 bits per heavy atom. The quantitative estimate of drug-likeness (QED) is 0.825. The summed E-state index contributed by atoms with van der Waals surface area (Å²) in [5, 5.41) is 20.3. The molecule has 1 unspecified atom stereocenters. The van der Waals surface area contributed by atoms with Crippen molar-refractivity contribution in [1.82, 2.24) is 4.90 Å². The lowest BCUT2D eigenvalue weighted by Gasteiger charge is -2.35. The monoisotopic (exact) mass is 237 g/mol. The van der Waals surface area contributed by atoms with Gasteiger partial charge in [-0.3, -0.25) is 0 Å². The van der Waals surface area contributed by atoms with E-state index in [9.17, 15) is 10.2 Å². The predicted octanol–water partition coefficient (Wildman–Crippen LogP) is 2.19. The first kappa shape index (κ1) is 14.0. The van der Waals surface area contributed by atoms with Crippen LogP contribution in [0.4, 0.5) is 0 Å². The highest BCUT2D eigenvalue weighted by Gasteiger charge is 2.34. The summed E-state index contributed by atoms with van der Waals surface area (Å²) in [7, 11) is 3.99. The second-order valence-electron chi connectivity index (χ2n) is 4.99. The number of phenolic OH excluding ortho intramolecular Hbond substituents is 1. The van der Waals surface area contributed by atoms with Crippen LogP contribution in [0, 0.1) is 5.92 Å².